The number of anilines is 1. The number of nitro benzene ring substituents is 1. The van der Waals surface area contributed by atoms with Crippen molar-refractivity contribution in [3.05, 3.63) is 86.9 Å². The molecular formula is C25H24ClN3O5S. The van der Waals surface area contributed by atoms with Gasteiger partial charge in [0.25, 0.3) is 5.69 Å². The summed E-state index contributed by atoms with van der Waals surface area (Å²) in [6, 6.07) is 17.0. The van der Waals surface area contributed by atoms with Crippen LogP contribution in [-0.2, 0) is 6.42 Å². The van der Waals surface area contributed by atoms with E-state index in [2.05, 4.69) is 10.2 Å². The van der Waals surface area contributed by atoms with Crippen LogP contribution in [0, 0.1) is 10.1 Å². The highest BCUT2D eigenvalue weighted by atomic mass is 35.5. The lowest BCUT2D eigenvalue weighted by Gasteiger charge is -2.39. The second kappa shape index (κ2) is 10.8. The fourth-order valence-electron chi connectivity index (χ4n) is 4.02. The van der Waals surface area contributed by atoms with Crippen molar-refractivity contribution in [2.45, 2.75) is 12.5 Å². The number of nitrogens with one attached hydrogen (secondary N) is 1. The first-order chi connectivity index (χ1) is 16.9. The minimum absolute atomic E-state index is 0.00663. The number of hydrogen-bond acceptors (Lipinski definition) is 6. The predicted octanol–water partition coefficient (Wildman–Crippen LogP) is 5.64. The molecule has 4 rings (SSSR count). The first kappa shape index (κ1) is 24.6. The molecule has 0 saturated carbocycles. The Kier molecular flexibility index (Phi) is 7.57. The van der Waals surface area contributed by atoms with Gasteiger partial charge in [-0.25, -0.2) is 0 Å². The Morgan fingerprint density at radius 3 is 2.40 bits per heavy atom. The van der Waals surface area contributed by atoms with Crippen LogP contribution in [0.25, 0.3) is 0 Å². The standard InChI is InChI=1S/C25H24ClN3O5S/c1-32-23-13-16-11-12-28(25(35)27-18-5-3-17(26)4-6-18)22(21(16)14-24(23)33-2)15-34-20-9-7-19(8-10-20)29(30)31/h3-10,13-14,22H,11-12,15H2,1-2H3,(H,27,35). The van der Waals surface area contributed by atoms with E-state index in [0.717, 1.165) is 23.2 Å². The van der Waals surface area contributed by atoms with Crippen molar-refractivity contribution in [1.82, 2.24) is 4.90 Å². The molecule has 1 unspecified atom stereocenters. The number of methoxy groups -OCH3 is 2. The van der Waals surface area contributed by atoms with Crippen LogP contribution in [-0.4, -0.2) is 42.3 Å². The van der Waals surface area contributed by atoms with Crippen molar-refractivity contribution in [1.29, 1.82) is 0 Å². The topological polar surface area (TPSA) is 86.1 Å². The molecule has 0 amide bonds. The molecule has 10 heteroatoms. The fraction of sp³-hybridized carbons (Fsp3) is 0.240. The number of ether oxygens (including phenoxy) is 3. The minimum Gasteiger partial charge on any atom is -0.493 e. The highest BCUT2D eigenvalue weighted by Gasteiger charge is 2.31. The van der Waals surface area contributed by atoms with E-state index in [4.69, 9.17) is 38.0 Å². The van der Waals surface area contributed by atoms with Crippen molar-refractivity contribution in [3.8, 4) is 17.2 Å². The van der Waals surface area contributed by atoms with Gasteiger partial charge in [0.2, 0.25) is 0 Å². The van der Waals surface area contributed by atoms with E-state index < -0.39 is 4.92 Å². The Bertz CT molecular complexity index is 1220. The number of thiocarbonyl (C=S) groups is 1. The Labute approximate surface area is 213 Å². The van der Waals surface area contributed by atoms with Crippen molar-refractivity contribution < 1.29 is 19.1 Å². The number of hydrogen-bond donors (Lipinski definition) is 1. The van der Waals surface area contributed by atoms with Gasteiger partial charge in [-0.2, -0.15) is 0 Å². The van der Waals surface area contributed by atoms with Gasteiger partial charge in [-0.15, -0.1) is 0 Å². The first-order valence-corrected chi connectivity index (χ1v) is 11.6. The molecule has 1 aliphatic heterocycles. The molecule has 35 heavy (non-hydrogen) atoms. The number of halogens is 1. The van der Waals surface area contributed by atoms with E-state index in [-0.39, 0.29) is 18.3 Å². The molecule has 0 spiro atoms. The van der Waals surface area contributed by atoms with E-state index in [0.29, 0.717) is 33.9 Å². The number of fused-ring (bicyclic) bond motifs is 1. The summed E-state index contributed by atoms with van der Waals surface area (Å²) < 4.78 is 17.1. The average molecular weight is 514 g/mol. The SMILES string of the molecule is COc1cc2c(cc1OC)C(COc1ccc([N+](=O)[O-])cc1)N(C(=S)Nc1ccc(Cl)cc1)CC2. The molecule has 1 N–H and O–H groups in total. The molecule has 3 aromatic rings. The van der Waals surface area contributed by atoms with Gasteiger partial charge in [-0.3, -0.25) is 10.1 Å². The highest BCUT2D eigenvalue weighted by molar-refractivity contribution is 7.80. The van der Waals surface area contributed by atoms with Crippen LogP contribution in [0.4, 0.5) is 11.4 Å². The van der Waals surface area contributed by atoms with Crippen LogP contribution in [0.3, 0.4) is 0 Å². The summed E-state index contributed by atoms with van der Waals surface area (Å²) in [4.78, 5) is 12.6. The Morgan fingerprint density at radius 1 is 1.11 bits per heavy atom. The van der Waals surface area contributed by atoms with E-state index in [1.165, 1.54) is 12.1 Å². The Morgan fingerprint density at radius 2 is 1.77 bits per heavy atom. The Hall–Kier alpha value is -3.56. The van der Waals surface area contributed by atoms with Gasteiger partial charge >= 0.3 is 0 Å². The molecule has 1 atom stereocenters. The van der Waals surface area contributed by atoms with Gasteiger partial charge < -0.3 is 24.4 Å². The van der Waals surface area contributed by atoms with Gasteiger partial charge in [0.05, 0.1) is 25.2 Å². The summed E-state index contributed by atoms with van der Waals surface area (Å²) in [6.45, 7) is 0.929. The van der Waals surface area contributed by atoms with E-state index >= 15 is 0 Å². The van der Waals surface area contributed by atoms with E-state index in [1.54, 1.807) is 38.5 Å². The summed E-state index contributed by atoms with van der Waals surface area (Å²) in [5, 5.41) is 15.4. The monoisotopic (exact) mass is 513 g/mol. The van der Waals surface area contributed by atoms with Gasteiger partial charge in [0.1, 0.15) is 12.4 Å². The van der Waals surface area contributed by atoms with Crippen LogP contribution < -0.4 is 19.5 Å². The van der Waals surface area contributed by atoms with Crippen LogP contribution in [0.15, 0.2) is 60.7 Å². The third-order valence-corrected chi connectivity index (χ3v) is 6.40. The first-order valence-electron chi connectivity index (χ1n) is 10.8. The molecule has 0 fully saturated rings. The maximum absolute atomic E-state index is 11.0. The number of benzene rings is 3. The van der Waals surface area contributed by atoms with Crippen LogP contribution >= 0.6 is 23.8 Å². The summed E-state index contributed by atoms with van der Waals surface area (Å²) in [7, 11) is 3.21. The predicted molar refractivity (Wildman–Crippen MR) is 139 cm³/mol. The summed E-state index contributed by atoms with van der Waals surface area (Å²) >= 11 is 11.8. The molecule has 3 aromatic carbocycles. The van der Waals surface area contributed by atoms with Gasteiger partial charge in [-0.1, -0.05) is 11.6 Å². The average Bonchev–Trinajstić information content (AvgIpc) is 2.87. The number of rotatable bonds is 7. The molecular weight excluding hydrogens is 490 g/mol. The zero-order valence-electron chi connectivity index (χ0n) is 19.2. The third-order valence-electron chi connectivity index (χ3n) is 5.81. The molecule has 0 saturated heterocycles. The van der Waals surface area contributed by atoms with Crippen molar-refractivity contribution in [3.63, 3.8) is 0 Å². The van der Waals surface area contributed by atoms with E-state index in [9.17, 15) is 10.1 Å². The van der Waals surface area contributed by atoms with E-state index in [1.807, 2.05) is 24.3 Å². The van der Waals surface area contributed by atoms with Crippen molar-refractivity contribution in [2.75, 3.05) is 32.7 Å². The molecule has 1 heterocycles. The van der Waals surface area contributed by atoms with Crippen LogP contribution in [0.5, 0.6) is 17.2 Å². The maximum atomic E-state index is 11.0. The van der Waals surface area contributed by atoms with Crippen LogP contribution in [0.2, 0.25) is 5.02 Å². The molecule has 0 bridgehead atoms. The Balaban J connectivity index is 1.62. The lowest BCUT2D eigenvalue weighted by atomic mass is 9.92. The summed E-state index contributed by atoms with van der Waals surface area (Å²) in [5.41, 5.74) is 2.96. The molecule has 1 aliphatic rings. The lowest BCUT2D eigenvalue weighted by Crippen LogP contribution is -2.44. The highest BCUT2D eigenvalue weighted by Crippen LogP contribution is 2.39. The maximum Gasteiger partial charge on any atom is 0.269 e. The molecule has 0 aromatic heterocycles. The summed E-state index contributed by atoms with van der Waals surface area (Å²) in [6.07, 6.45) is 0.756. The van der Waals surface area contributed by atoms with Gasteiger partial charge in [0, 0.05) is 29.4 Å². The summed E-state index contributed by atoms with van der Waals surface area (Å²) in [5.74, 6) is 1.81. The molecule has 182 valence electrons. The fourth-order valence-corrected chi connectivity index (χ4v) is 4.48. The number of nitro groups is 1. The lowest BCUT2D eigenvalue weighted by molar-refractivity contribution is -0.384. The minimum atomic E-state index is -0.441. The van der Waals surface area contributed by atoms with Gasteiger partial charge in [-0.05, 0) is 78.3 Å². The smallest absolute Gasteiger partial charge is 0.269 e. The third kappa shape index (κ3) is 5.58. The second-order valence-electron chi connectivity index (χ2n) is 7.86. The zero-order chi connectivity index (χ0) is 24.9. The largest absolute Gasteiger partial charge is 0.493 e. The van der Waals surface area contributed by atoms with Gasteiger partial charge in [0.15, 0.2) is 16.6 Å². The normalized spacial score (nSPS) is 14.6. The van der Waals surface area contributed by atoms with Crippen LogP contribution in [0.1, 0.15) is 17.2 Å². The molecule has 0 radical (unpaired) electrons. The second-order valence-corrected chi connectivity index (χ2v) is 8.69. The van der Waals surface area contributed by atoms with Crippen molar-refractivity contribution in [2.24, 2.45) is 0 Å². The molecule has 8 nitrogen and oxygen atoms in total. The number of non-ortho nitro benzene ring substituents is 1. The van der Waals surface area contributed by atoms with Crippen molar-refractivity contribution >= 4 is 40.3 Å². The quantitative estimate of drug-likeness (QED) is 0.247. The zero-order valence-corrected chi connectivity index (χ0v) is 20.8. The molecule has 0 aliphatic carbocycles. The number of nitrogens with zero attached hydrogens (tertiary/aromatic N) is 2.